The molecule has 0 aromatic heterocycles. The fourth-order valence-corrected chi connectivity index (χ4v) is 6.86. The normalized spacial score (nSPS) is 18.4. The minimum absolute atomic E-state index is 0.0282. The molecule has 2 unspecified atom stereocenters. The van der Waals surface area contributed by atoms with Gasteiger partial charge in [0.05, 0.1) is 18.7 Å². The maximum atomic E-state index is 13.4. The van der Waals surface area contributed by atoms with Gasteiger partial charge in [-0.2, -0.15) is 0 Å². The van der Waals surface area contributed by atoms with Crippen molar-refractivity contribution in [3.8, 4) is 5.75 Å². The molecular formula is C29H21Br2NO2. The lowest BCUT2D eigenvalue weighted by molar-refractivity contribution is -0.117. The van der Waals surface area contributed by atoms with E-state index in [2.05, 4.69) is 97.9 Å². The van der Waals surface area contributed by atoms with Crippen LogP contribution in [-0.2, 0) is 11.2 Å². The van der Waals surface area contributed by atoms with Gasteiger partial charge >= 0.3 is 0 Å². The summed E-state index contributed by atoms with van der Waals surface area (Å²) in [5.74, 6) is 0.599. The molecule has 2 aliphatic rings. The van der Waals surface area contributed by atoms with Crippen molar-refractivity contribution in [3.05, 3.63) is 110 Å². The fraction of sp³-hybridized carbons (Fsp3) is 0.138. The Morgan fingerprint density at radius 3 is 2.47 bits per heavy atom. The molecular weight excluding hydrogens is 554 g/mol. The van der Waals surface area contributed by atoms with Gasteiger partial charge in [0.2, 0.25) is 5.91 Å². The van der Waals surface area contributed by atoms with E-state index in [0.29, 0.717) is 0 Å². The number of carbonyl (C=O) groups excluding carboxylic acids is 1. The van der Waals surface area contributed by atoms with Gasteiger partial charge in [-0.1, -0.05) is 82.2 Å². The number of carbonyl (C=O) groups is 1. The third-order valence-corrected chi connectivity index (χ3v) is 8.03. The Bertz CT molecular complexity index is 1510. The molecule has 4 aromatic rings. The van der Waals surface area contributed by atoms with Gasteiger partial charge in [0, 0.05) is 20.2 Å². The van der Waals surface area contributed by atoms with Crippen molar-refractivity contribution in [1.82, 2.24) is 0 Å². The lowest BCUT2D eigenvalue weighted by Crippen LogP contribution is -2.20. The number of amides is 1. The second-order valence-electron chi connectivity index (χ2n) is 8.79. The summed E-state index contributed by atoms with van der Waals surface area (Å²) in [6, 6.07) is 25.0. The second kappa shape index (κ2) is 8.40. The summed E-state index contributed by atoms with van der Waals surface area (Å²) in [6.45, 7) is 0. The number of hydrogen-bond acceptors (Lipinski definition) is 2. The molecule has 1 aliphatic heterocycles. The first-order valence-corrected chi connectivity index (χ1v) is 12.8. The molecule has 0 fully saturated rings. The van der Waals surface area contributed by atoms with E-state index in [1.54, 1.807) is 7.11 Å². The number of anilines is 1. The Morgan fingerprint density at radius 1 is 0.882 bits per heavy atom. The molecule has 0 spiro atoms. The van der Waals surface area contributed by atoms with Gasteiger partial charge in [0.15, 0.2) is 0 Å². The van der Waals surface area contributed by atoms with Gasteiger partial charge in [-0.05, 0) is 68.2 Å². The highest BCUT2D eigenvalue weighted by molar-refractivity contribution is 9.11. The first-order valence-electron chi connectivity index (χ1n) is 11.2. The van der Waals surface area contributed by atoms with Crippen LogP contribution in [0.2, 0.25) is 0 Å². The molecule has 0 saturated heterocycles. The van der Waals surface area contributed by atoms with Crippen molar-refractivity contribution in [1.29, 1.82) is 0 Å². The third-order valence-electron chi connectivity index (χ3n) is 6.94. The van der Waals surface area contributed by atoms with Crippen molar-refractivity contribution in [2.75, 3.05) is 12.4 Å². The summed E-state index contributed by atoms with van der Waals surface area (Å²) in [6.07, 6.45) is 3.04. The summed E-state index contributed by atoms with van der Waals surface area (Å²) < 4.78 is 7.45. The van der Waals surface area contributed by atoms with Gasteiger partial charge in [0.25, 0.3) is 0 Å². The van der Waals surface area contributed by atoms with Crippen molar-refractivity contribution in [2.45, 2.75) is 18.3 Å². The summed E-state index contributed by atoms with van der Waals surface area (Å²) in [5, 5.41) is 5.41. The van der Waals surface area contributed by atoms with Crippen LogP contribution in [-0.4, -0.2) is 13.0 Å². The second-order valence-corrected chi connectivity index (χ2v) is 10.6. The fourth-order valence-electron chi connectivity index (χ4n) is 5.50. The average molecular weight is 575 g/mol. The molecule has 0 saturated carbocycles. The molecule has 1 N–H and O–H groups in total. The van der Waals surface area contributed by atoms with E-state index in [4.69, 9.17) is 4.74 Å². The van der Waals surface area contributed by atoms with E-state index in [0.717, 1.165) is 37.8 Å². The Labute approximate surface area is 215 Å². The number of hydrogen-bond donors (Lipinski definition) is 1. The Morgan fingerprint density at radius 2 is 1.65 bits per heavy atom. The lowest BCUT2D eigenvalue weighted by Gasteiger charge is -2.24. The average Bonchev–Trinajstić information content (AvgIpc) is 3.35. The van der Waals surface area contributed by atoms with Gasteiger partial charge in [0.1, 0.15) is 5.75 Å². The number of ether oxygens (including phenoxy) is 1. The van der Waals surface area contributed by atoms with Crippen molar-refractivity contribution >= 4 is 60.3 Å². The maximum absolute atomic E-state index is 13.4. The highest BCUT2D eigenvalue weighted by atomic mass is 79.9. The molecule has 1 amide bonds. The third kappa shape index (κ3) is 3.41. The summed E-state index contributed by atoms with van der Waals surface area (Å²) >= 11 is 7.25. The first kappa shape index (κ1) is 21.6. The quantitative estimate of drug-likeness (QED) is 0.270. The van der Waals surface area contributed by atoms with Crippen LogP contribution in [0.3, 0.4) is 0 Å². The van der Waals surface area contributed by atoms with E-state index in [1.807, 2.05) is 18.2 Å². The van der Waals surface area contributed by atoms with Gasteiger partial charge in [-0.15, -0.1) is 0 Å². The van der Waals surface area contributed by atoms with E-state index < -0.39 is 0 Å². The predicted octanol–water partition coefficient (Wildman–Crippen LogP) is 7.83. The zero-order valence-electron chi connectivity index (χ0n) is 18.4. The molecule has 5 heteroatoms. The van der Waals surface area contributed by atoms with E-state index in [9.17, 15) is 4.79 Å². The SMILES string of the molecule is COc1ccc(CC2=Cc3ccccc3C2C2C(=O)Nc3c(Br)cc(Br)cc32)c2ccccc12. The number of rotatable bonds is 4. The zero-order valence-corrected chi connectivity index (χ0v) is 21.6. The van der Waals surface area contributed by atoms with Gasteiger partial charge in [-0.3, -0.25) is 4.79 Å². The van der Waals surface area contributed by atoms with E-state index in [1.165, 1.54) is 27.6 Å². The number of methoxy groups -OCH3 is 1. The Balaban J connectivity index is 1.48. The molecule has 0 radical (unpaired) electrons. The van der Waals surface area contributed by atoms with Gasteiger partial charge < -0.3 is 10.1 Å². The molecule has 3 nitrogen and oxygen atoms in total. The minimum Gasteiger partial charge on any atom is -0.496 e. The van der Waals surface area contributed by atoms with Crippen LogP contribution in [0.25, 0.3) is 16.8 Å². The molecule has 4 aromatic carbocycles. The van der Waals surface area contributed by atoms with Crippen molar-refractivity contribution < 1.29 is 9.53 Å². The highest BCUT2D eigenvalue weighted by Crippen LogP contribution is 2.52. The number of halogens is 2. The molecule has 168 valence electrons. The van der Waals surface area contributed by atoms with Crippen molar-refractivity contribution in [2.24, 2.45) is 0 Å². The summed E-state index contributed by atoms with van der Waals surface area (Å²) in [4.78, 5) is 13.4. The number of allylic oxidation sites excluding steroid dienone is 1. The van der Waals surface area contributed by atoms with Crippen LogP contribution in [0.5, 0.6) is 5.75 Å². The number of benzene rings is 4. The molecule has 1 heterocycles. The Kier molecular flexibility index (Phi) is 5.34. The van der Waals surface area contributed by atoms with Crippen LogP contribution in [0, 0.1) is 0 Å². The van der Waals surface area contributed by atoms with E-state index in [-0.39, 0.29) is 17.7 Å². The number of nitrogens with one attached hydrogen (secondary N) is 1. The molecule has 2 atom stereocenters. The maximum Gasteiger partial charge on any atom is 0.232 e. The lowest BCUT2D eigenvalue weighted by atomic mass is 9.78. The van der Waals surface area contributed by atoms with Crippen LogP contribution < -0.4 is 10.1 Å². The summed E-state index contributed by atoms with van der Waals surface area (Å²) in [7, 11) is 1.71. The molecule has 6 rings (SSSR count). The Hall–Kier alpha value is -2.89. The van der Waals surface area contributed by atoms with E-state index >= 15 is 0 Å². The number of fused-ring (bicyclic) bond motifs is 3. The largest absolute Gasteiger partial charge is 0.496 e. The minimum atomic E-state index is -0.289. The van der Waals surface area contributed by atoms with Crippen LogP contribution in [0.15, 0.2) is 87.3 Å². The first-order chi connectivity index (χ1) is 16.5. The van der Waals surface area contributed by atoms with Crippen LogP contribution in [0.4, 0.5) is 5.69 Å². The summed E-state index contributed by atoms with van der Waals surface area (Å²) in [5.41, 5.74) is 6.78. The topological polar surface area (TPSA) is 38.3 Å². The molecule has 1 aliphatic carbocycles. The predicted molar refractivity (Wildman–Crippen MR) is 145 cm³/mol. The molecule has 0 bridgehead atoms. The zero-order chi connectivity index (χ0) is 23.4. The smallest absolute Gasteiger partial charge is 0.232 e. The van der Waals surface area contributed by atoms with Crippen molar-refractivity contribution in [3.63, 3.8) is 0 Å². The molecule has 34 heavy (non-hydrogen) atoms. The standard InChI is InChI=1S/C29H21Br2NO2/c1-34-25-11-10-17(20-7-4-5-9-22(20)25)13-18-12-16-6-2-3-8-21(16)26(18)27-23-14-19(30)15-24(31)28(23)32-29(27)33/h2-12,14-15,26-27H,13H2,1H3,(H,32,33). The van der Waals surface area contributed by atoms with Crippen LogP contribution in [0.1, 0.15) is 34.1 Å². The monoisotopic (exact) mass is 573 g/mol. The van der Waals surface area contributed by atoms with Gasteiger partial charge in [-0.25, -0.2) is 0 Å². The van der Waals surface area contributed by atoms with Crippen LogP contribution >= 0.6 is 31.9 Å². The highest BCUT2D eigenvalue weighted by Gasteiger charge is 2.42.